The van der Waals surface area contributed by atoms with Gasteiger partial charge in [-0.25, -0.2) is 0 Å². The Kier molecular flexibility index (Phi) is 5.14. The first kappa shape index (κ1) is 15.0. The summed E-state index contributed by atoms with van der Waals surface area (Å²) in [4.78, 5) is 22.7. The van der Waals surface area contributed by atoms with Crippen LogP contribution in [0.4, 0.5) is 0 Å². The van der Waals surface area contributed by atoms with Gasteiger partial charge >= 0.3 is 5.97 Å². The highest BCUT2D eigenvalue weighted by Crippen LogP contribution is 2.29. The van der Waals surface area contributed by atoms with Crippen molar-refractivity contribution in [2.24, 2.45) is 5.92 Å². The first-order chi connectivity index (χ1) is 8.36. The highest BCUT2D eigenvalue weighted by Gasteiger charge is 2.30. The number of aliphatic carboxylic acids is 1. The molecule has 104 valence electrons. The van der Waals surface area contributed by atoms with E-state index in [1.807, 2.05) is 6.92 Å². The molecular formula is C13H23NO4. The van der Waals surface area contributed by atoms with Gasteiger partial charge < -0.3 is 15.2 Å². The number of hydrogen-bond donors (Lipinski definition) is 2. The summed E-state index contributed by atoms with van der Waals surface area (Å²) in [5.74, 6) is -0.538. The molecule has 1 aliphatic rings. The minimum absolute atomic E-state index is 0.0788. The molecule has 0 aromatic heterocycles. The highest BCUT2D eigenvalue weighted by atomic mass is 16.5. The van der Waals surface area contributed by atoms with Crippen molar-refractivity contribution in [2.45, 2.75) is 58.1 Å². The molecule has 0 heterocycles. The van der Waals surface area contributed by atoms with E-state index in [4.69, 9.17) is 9.84 Å². The van der Waals surface area contributed by atoms with E-state index in [1.54, 1.807) is 13.8 Å². The molecule has 0 aliphatic heterocycles. The van der Waals surface area contributed by atoms with E-state index in [0.717, 1.165) is 0 Å². The standard InChI is InChI=1S/C13H23NO4/c1-4-13(3,7-11(15)16)14-12(17)9(2)18-8-10-5-6-10/h9-10H,4-8H2,1-3H3,(H,14,17)(H,15,16)/t9-,13+/m1/s1. The Morgan fingerprint density at radius 1 is 1.50 bits per heavy atom. The summed E-state index contributed by atoms with van der Waals surface area (Å²) >= 11 is 0. The van der Waals surface area contributed by atoms with Crippen molar-refractivity contribution >= 4 is 11.9 Å². The van der Waals surface area contributed by atoms with Crippen molar-refractivity contribution in [2.75, 3.05) is 6.61 Å². The van der Waals surface area contributed by atoms with E-state index >= 15 is 0 Å². The molecule has 2 N–H and O–H groups in total. The number of ether oxygens (including phenoxy) is 1. The molecule has 1 amide bonds. The lowest BCUT2D eigenvalue weighted by molar-refractivity contribution is -0.140. The van der Waals surface area contributed by atoms with Gasteiger partial charge in [0.1, 0.15) is 6.10 Å². The Morgan fingerprint density at radius 2 is 2.11 bits per heavy atom. The van der Waals surface area contributed by atoms with Crippen LogP contribution in [0, 0.1) is 5.92 Å². The van der Waals surface area contributed by atoms with Crippen LogP contribution in [0.2, 0.25) is 0 Å². The molecule has 18 heavy (non-hydrogen) atoms. The number of carboxylic acid groups (broad SMARTS) is 1. The summed E-state index contributed by atoms with van der Waals surface area (Å²) < 4.78 is 5.46. The van der Waals surface area contributed by atoms with Gasteiger partial charge in [-0.2, -0.15) is 0 Å². The van der Waals surface area contributed by atoms with Crippen LogP contribution in [0.3, 0.4) is 0 Å². The maximum Gasteiger partial charge on any atom is 0.305 e. The Bertz CT molecular complexity index is 314. The molecule has 0 bridgehead atoms. The van der Waals surface area contributed by atoms with Crippen LogP contribution in [0.1, 0.15) is 46.5 Å². The number of carbonyl (C=O) groups is 2. The van der Waals surface area contributed by atoms with Gasteiger partial charge in [0, 0.05) is 5.54 Å². The Morgan fingerprint density at radius 3 is 2.56 bits per heavy atom. The van der Waals surface area contributed by atoms with Crippen molar-refractivity contribution < 1.29 is 19.4 Å². The molecular weight excluding hydrogens is 234 g/mol. The average molecular weight is 257 g/mol. The van der Waals surface area contributed by atoms with Crippen LogP contribution < -0.4 is 5.32 Å². The summed E-state index contributed by atoms with van der Waals surface area (Å²) in [6, 6.07) is 0. The predicted octanol–water partition coefficient (Wildman–Crippen LogP) is 1.56. The largest absolute Gasteiger partial charge is 0.481 e. The second-order valence-electron chi connectivity index (χ2n) is 5.39. The summed E-state index contributed by atoms with van der Waals surface area (Å²) in [7, 11) is 0. The quantitative estimate of drug-likeness (QED) is 0.692. The number of rotatable bonds is 8. The van der Waals surface area contributed by atoms with E-state index in [-0.39, 0.29) is 12.3 Å². The topological polar surface area (TPSA) is 75.6 Å². The Balaban J connectivity index is 2.41. The van der Waals surface area contributed by atoms with Crippen LogP contribution >= 0.6 is 0 Å². The molecule has 1 saturated carbocycles. The summed E-state index contributed by atoms with van der Waals surface area (Å²) in [6.07, 6.45) is 2.33. The van der Waals surface area contributed by atoms with Gasteiger partial charge in [0.05, 0.1) is 13.0 Å². The third-order valence-corrected chi connectivity index (χ3v) is 3.39. The molecule has 1 aliphatic carbocycles. The second-order valence-corrected chi connectivity index (χ2v) is 5.39. The lowest BCUT2D eigenvalue weighted by Crippen LogP contribution is -2.50. The Hall–Kier alpha value is -1.10. The fourth-order valence-corrected chi connectivity index (χ4v) is 1.63. The molecule has 0 unspecified atom stereocenters. The smallest absolute Gasteiger partial charge is 0.305 e. The zero-order chi connectivity index (χ0) is 13.8. The Labute approximate surface area is 108 Å². The lowest BCUT2D eigenvalue weighted by Gasteiger charge is -2.29. The maximum absolute atomic E-state index is 11.9. The predicted molar refractivity (Wildman–Crippen MR) is 67.2 cm³/mol. The molecule has 1 fully saturated rings. The molecule has 0 saturated heterocycles. The minimum atomic E-state index is -0.911. The molecule has 2 atom stereocenters. The van der Waals surface area contributed by atoms with Crippen molar-refractivity contribution in [3.63, 3.8) is 0 Å². The fourth-order valence-electron chi connectivity index (χ4n) is 1.63. The van der Waals surface area contributed by atoms with Crippen molar-refractivity contribution in [3.8, 4) is 0 Å². The normalized spacial score (nSPS) is 19.9. The van der Waals surface area contributed by atoms with Crippen molar-refractivity contribution in [3.05, 3.63) is 0 Å². The van der Waals surface area contributed by atoms with E-state index in [0.29, 0.717) is 18.9 Å². The molecule has 0 radical (unpaired) electrons. The SMILES string of the molecule is CC[C@@](C)(CC(=O)O)NC(=O)[C@@H](C)OCC1CC1. The number of carboxylic acids is 1. The monoisotopic (exact) mass is 257 g/mol. The molecule has 5 heteroatoms. The highest BCUT2D eigenvalue weighted by molar-refractivity contribution is 5.82. The van der Waals surface area contributed by atoms with Crippen molar-refractivity contribution in [1.82, 2.24) is 5.32 Å². The van der Waals surface area contributed by atoms with Gasteiger partial charge in [0.2, 0.25) is 5.91 Å². The zero-order valence-corrected chi connectivity index (χ0v) is 11.4. The van der Waals surface area contributed by atoms with Gasteiger partial charge in [-0.1, -0.05) is 6.92 Å². The van der Waals surface area contributed by atoms with E-state index in [2.05, 4.69) is 5.32 Å². The second kappa shape index (κ2) is 6.18. The number of amides is 1. The number of carbonyl (C=O) groups excluding carboxylic acids is 1. The van der Waals surface area contributed by atoms with Gasteiger partial charge in [-0.15, -0.1) is 0 Å². The number of nitrogens with one attached hydrogen (secondary N) is 1. The third kappa shape index (κ3) is 5.04. The van der Waals surface area contributed by atoms with Gasteiger partial charge in [0.15, 0.2) is 0 Å². The van der Waals surface area contributed by atoms with Gasteiger partial charge in [-0.3, -0.25) is 9.59 Å². The zero-order valence-electron chi connectivity index (χ0n) is 11.4. The van der Waals surface area contributed by atoms with Crippen LogP contribution in [0.5, 0.6) is 0 Å². The summed E-state index contributed by atoms with van der Waals surface area (Å²) in [5.41, 5.74) is -0.708. The van der Waals surface area contributed by atoms with Crippen LogP contribution in [0.25, 0.3) is 0 Å². The summed E-state index contributed by atoms with van der Waals surface area (Å²) in [6.45, 7) is 5.93. The van der Waals surface area contributed by atoms with E-state index in [1.165, 1.54) is 12.8 Å². The molecule has 1 rings (SSSR count). The molecule has 5 nitrogen and oxygen atoms in total. The van der Waals surface area contributed by atoms with Crippen LogP contribution in [-0.4, -0.2) is 35.2 Å². The lowest BCUT2D eigenvalue weighted by atomic mass is 9.94. The molecule has 0 aromatic carbocycles. The van der Waals surface area contributed by atoms with Gasteiger partial charge in [-0.05, 0) is 39.0 Å². The minimum Gasteiger partial charge on any atom is -0.481 e. The van der Waals surface area contributed by atoms with Gasteiger partial charge in [0.25, 0.3) is 0 Å². The van der Waals surface area contributed by atoms with E-state index < -0.39 is 17.6 Å². The van der Waals surface area contributed by atoms with Crippen molar-refractivity contribution in [1.29, 1.82) is 0 Å². The van der Waals surface area contributed by atoms with Crippen LogP contribution in [-0.2, 0) is 14.3 Å². The first-order valence-corrected chi connectivity index (χ1v) is 6.51. The average Bonchev–Trinajstić information content (AvgIpc) is 3.08. The summed E-state index contributed by atoms with van der Waals surface area (Å²) in [5, 5.41) is 11.6. The third-order valence-electron chi connectivity index (χ3n) is 3.39. The first-order valence-electron chi connectivity index (χ1n) is 6.51. The molecule has 0 spiro atoms. The van der Waals surface area contributed by atoms with E-state index in [9.17, 15) is 9.59 Å². The maximum atomic E-state index is 11.9. The molecule has 0 aromatic rings. The number of hydrogen-bond acceptors (Lipinski definition) is 3. The fraction of sp³-hybridized carbons (Fsp3) is 0.846. The van der Waals surface area contributed by atoms with Crippen LogP contribution in [0.15, 0.2) is 0 Å².